The topological polar surface area (TPSA) is 25.2 Å². The van der Waals surface area contributed by atoms with Crippen LogP contribution in [-0.2, 0) is 0 Å². The fourth-order valence-corrected chi connectivity index (χ4v) is 2.87. The number of benzene rings is 1. The van der Waals surface area contributed by atoms with Crippen molar-refractivity contribution in [3.05, 3.63) is 57.2 Å². The van der Waals surface area contributed by atoms with Crippen molar-refractivity contribution in [3.63, 3.8) is 0 Å². The molecule has 0 fully saturated rings. The zero-order valence-corrected chi connectivity index (χ0v) is 12.8. The monoisotopic (exact) mass is 325 g/mol. The summed E-state index contributed by atoms with van der Waals surface area (Å²) in [6.07, 6.45) is 0. The first-order valence-electron chi connectivity index (χ1n) is 6.28. The third kappa shape index (κ3) is 2.90. The highest BCUT2D eigenvalue weighted by Gasteiger charge is 2.23. The second-order valence-electron chi connectivity index (χ2n) is 4.49. The van der Waals surface area contributed by atoms with Crippen LogP contribution in [0.3, 0.4) is 0 Å². The molecule has 2 rings (SSSR count). The number of nitrogens with one attached hydrogen (secondary N) is 1. The Balaban J connectivity index is 2.54. The van der Waals surface area contributed by atoms with Crippen LogP contribution in [0, 0.1) is 19.7 Å². The average molecular weight is 326 g/mol. The molecule has 0 spiro atoms. The summed E-state index contributed by atoms with van der Waals surface area (Å²) in [6.45, 7) is 6.55. The number of hydrogen-bond donors (Lipinski definition) is 1. The van der Waals surface area contributed by atoms with Crippen LogP contribution in [0.5, 0.6) is 0 Å². The van der Waals surface area contributed by atoms with Crippen molar-refractivity contribution >= 4 is 15.9 Å². The van der Waals surface area contributed by atoms with Gasteiger partial charge < -0.3 is 9.73 Å². The lowest BCUT2D eigenvalue weighted by atomic mass is 9.98. The standard InChI is InChI=1S/C15H17BrFNO/c1-4-18-15(11-8-9(2)19-10(11)3)14-12(16)6-5-7-13(14)17/h5-8,15,18H,4H2,1-3H3. The van der Waals surface area contributed by atoms with Crippen molar-refractivity contribution in [2.24, 2.45) is 0 Å². The number of rotatable bonds is 4. The molecule has 19 heavy (non-hydrogen) atoms. The lowest BCUT2D eigenvalue weighted by molar-refractivity contribution is 0.491. The van der Waals surface area contributed by atoms with Crippen molar-refractivity contribution in [3.8, 4) is 0 Å². The second-order valence-corrected chi connectivity index (χ2v) is 5.35. The van der Waals surface area contributed by atoms with Crippen LogP contribution in [-0.4, -0.2) is 6.54 Å². The lowest BCUT2D eigenvalue weighted by Gasteiger charge is -2.20. The Hall–Kier alpha value is -1.13. The Morgan fingerprint density at radius 1 is 1.37 bits per heavy atom. The van der Waals surface area contributed by atoms with Crippen LogP contribution < -0.4 is 5.32 Å². The van der Waals surface area contributed by atoms with Crippen LogP contribution in [0.2, 0.25) is 0 Å². The van der Waals surface area contributed by atoms with Crippen LogP contribution in [0.15, 0.2) is 33.2 Å². The molecule has 0 radical (unpaired) electrons. The molecular formula is C15H17BrFNO. The molecule has 1 heterocycles. The zero-order valence-electron chi connectivity index (χ0n) is 11.3. The van der Waals surface area contributed by atoms with Crippen LogP contribution >= 0.6 is 15.9 Å². The number of halogens is 2. The van der Waals surface area contributed by atoms with Crippen molar-refractivity contribution in [2.75, 3.05) is 6.54 Å². The quantitative estimate of drug-likeness (QED) is 0.895. The second kappa shape index (κ2) is 5.88. The van der Waals surface area contributed by atoms with Gasteiger partial charge in [0.15, 0.2) is 0 Å². The molecule has 1 aromatic heterocycles. The van der Waals surface area contributed by atoms with Crippen molar-refractivity contribution < 1.29 is 8.81 Å². The molecule has 0 saturated carbocycles. The van der Waals surface area contributed by atoms with E-state index in [1.165, 1.54) is 6.07 Å². The Morgan fingerprint density at radius 2 is 2.11 bits per heavy atom. The highest BCUT2D eigenvalue weighted by molar-refractivity contribution is 9.10. The molecule has 2 aromatic rings. The highest BCUT2D eigenvalue weighted by atomic mass is 79.9. The predicted molar refractivity (Wildman–Crippen MR) is 77.8 cm³/mol. The summed E-state index contributed by atoms with van der Waals surface area (Å²) in [7, 11) is 0. The van der Waals surface area contributed by atoms with Crippen molar-refractivity contribution in [2.45, 2.75) is 26.8 Å². The molecule has 102 valence electrons. The smallest absolute Gasteiger partial charge is 0.129 e. The van der Waals surface area contributed by atoms with E-state index in [1.807, 2.05) is 32.9 Å². The minimum atomic E-state index is -0.224. The molecule has 0 aliphatic rings. The Labute approximate surface area is 121 Å². The van der Waals surface area contributed by atoms with Gasteiger partial charge in [0.2, 0.25) is 0 Å². The van der Waals surface area contributed by atoms with E-state index in [9.17, 15) is 4.39 Å². The van der Waals surface area contributed by atoms with Gasteiger partial charge in [0, 0.05) is 15.6 Å². The predicted octanol–water partition coefficient (Wildman–Crippen LogP) is 4.50. The lowest BCUT2D eigenvalue weighted by Crippen LogP contribution is -2.23. The Morgan fingerprint density at radius 3 is 2.63 bits per heavy atom. The molecule has 1 aromatic carbocycles. The maximum absolute atomic E-state index is 14.1. The normalized spacial score (nSPS) is 12.7. The number of furan rings is 1. The fraction of sp³-hybridized carbons (Fsp3) is 0.333. The van der Waals surface area contributed by atoms with Gasteiger partial charge in [-0.05, 0) is 38.6 Å². The molecule has 0 aliphatic carbocycles. The first kappa shape index (κ1) is 14.3. The Bertz CT molecular complexity index is 559. The first-order chi connectivity index (χ1) is 9.04. The van der Waals surface area contributed by atoms with E-state index in [0.29, 0.717) is 5.56 Å². The summed E-state index contributed by atoms with van der Waals surface area (Å²) in [5.74, 6) is 1.43. The fourth-order valence-electron chi connectivity index (χ4n) is 2.30. The van der Waals surface area contributed by atoms with Gasteiger partial charge in [-0.1, -0.05) is 28.9 Å². The highest BCUT2D eigenvalue weighted by Crippen LogP contribution is 2.33. The molecule has 0 bridgehead atoms. The summed E-state index contributed by atoms with van der Waals surface area (Å²) < 4.78 is 20.5. The van der Waals surface area contributed by atoms with E-state index in [2.05, 4.69) is 21.2 Å². The van der Waals surface area contributed by atoms with Gasteiger partial charge in [-0.25, -0.2) is 4.39 Å². The first-order valence-corrected chi connectivity index (χ1v) is 7.08. The minimum Gasteiger partial charge on any atom is -0.466 e. The summed E-state index contributed by atoms with van der Waals surface area (Å²) in [6, 6.07) is 6.77. The van der Waals surface area contributed by atoms with Gasteiger partial charge in [-0.15, -0.1) is 0 Å². The van der Waals surface area contributed by atoms with Gasteiger partial charge in [-0.2, -0.15) is 0 Å². The van der Waals surface area contributed by atoms with E-state index in [-0.39, 0.29) is 11.9 Å². The van der Waals surface area contributed by atoms with E-state index < -0.39 is 0 Å². The van der Waals surface area contributed by atoms with Gasteiger partial charge in [0.05, 0.1) is 6.04 Å². The van der Waals surface area contributed by atoms with Crippen molar-refractivity contribution in [1.29, 1.82) is 0 Å². The van der Waals surface area contributed by atoms with E-state index in [4.69, 9.17) is 4.42 Å². The average Bonchev–Trinajstić information content (AvgIpc) is 2.67. The maximum Gasteiger partial charge on any atom is 0.129 e. The van der Waals surface area contributed by atoms with Crippen molar-refractivity contribution in [1.82, 2.24) is 5.32 Å². The van der Waals surface area contributed by atoms with E-state index in [1.54, 1.807) is 6.07 Å². The molecule has 4 heteroatoms. The molecular weight excluding hydrogens is 309 g/mol. The maximum atomic E-state index is 14.1. The van der Waals surface area contributed by atoms with E-state index in [0.717, 1.165) is 28.1 Å². The summed E-state index contributed by atoms with van der Waals surface area (Å²) >= 11 is 3.44. The van der Waals surface area contributed by atoms with Gasteiger partial charge in [0.25, 0.3) is 0 Å². The Kier molecular flexibility index (Phi) is 4.42. The third-order valence-electron chi connectivity index (χ3n) is 3.09. The number of aryl methyl sites for hydroxylation is 2. The number of hydrogen-bond acceptors (Lipinski definition) is 2. The summed E-state index contributed by atoms with van der Waals surface area (Å²) in [5, 5.41) is 3.32. The van der Waals surface area contributed by atoms with Gasteiger partial charge >= 0.3 is 0 Å². The molecule has 0 amide bonds. The molecule has 1 atom stereocenters. The van der Waals surface area contributed by atoms with Crippen LogP contribution in [0.4, 0.5) is 4.39 Å². The molecule has 0 aliphatic heterocycles. The van der Waals surface area contributed by atoms with Crippen LogP contribution in [0.1, 0.15) is 35.6 Å². The third-order valence-corrected chi connectivity index (χ3v) is 3.78. The molecule has 1 unspecified atom stereocenters. The van der Waals surface area contributed by atoms with E-state index >= 15 is 0 Å². The molecule has 0 saturated heterocycles. The SMILES string of the molecule is CCNC(c1cc(C)oc1C)c1c(F)cccc1Br. The van der Waals surface area contributed by atoms with Gasteiger partial charge in [0.1, 0.15) is 17.3 Å². The minimum absolute atomic E-state index is 0.210. The van der Waals surface area contributed by atoms with Crippen LogP contribution in [0.25, 0.3) is 0 Å². The molecule has 2 nitrogen and oxygen atoms in total. The zero-order chi connectivity index (χ0) is 14.0. The largest absolute Gasteiger partial charge is 0.466 e. The summed E-state index contributed by atoms with van der Waals surface area (Å²) in [4.78, 5) is 0. The molecule has 1 N–H and O–H groups in total. The summed E-state index contributed by atoms with van der Waals surface area (Å²) in [5.41, 5.74) is 1.60. The van der Waals surface area contributed by atoms with Gasteiger partial charge in [-0.3, -0.25) is 0 Å².